The fourth-order valence-electron chi connectivity index (χ4n) is 1.25. The van der Waals surface area contributed by atoms with E-state index in [9.17, 15) is 9.59 Å². The van der Waals surface area contributed by atoms with Gasteiger partial charge in [-0.15, -0.1) is 0 Å². The van der Waals surface area contributed by atoms with Crippen LogP contribution in [0.1, 0.15) is 30.8 Å². The van der Waals surface area contributed by atoms with Crippen LogP contribution in [0.25, 0.3) is 0 Å². The fraction of sp³-hybridized carbons (Fsp3) is 0.545. The second-order valence-electron chi connectivity index (χ2n) is 4.28. The number of carboxylic acid groups (broad SMARTS) is 1. The predicted molar refractivity (Wildman–Crippen MR) is 61.6 cm³/mol. The van der Waals surface area contributed by atoms with Gasteiger partial charge in [0, 0.05) is 19.8 Å². The number of hydrogen-bond donors (Lipinski definition) is 2. The van der Waals surface area contributed by atoms with Gasteiger partial charge < -0.3 is 10.4 Å². The molecular weight excluding hydrogens is 222 g/mol. The van der Waals surface area contributed by atoms with Crippen LogP contribution in [0.3, 0.4) is 0 Å². The van der Waals surface area contributed by atoms with Crippen molar-refractivity contribution in [3.05, 3.63) is 18.0 Å². The molecule has 1 atom stereocenters. The van der Waals surface area contributed by atoms with E-state index in [4.69, 9.17) is 5.11 Å². The molecule has 6 heteroatoms. The van der Waals surface area contributed by atoms with E-state index in [1.165, 1.54) is 4.68 Å². The van der Waals surface area contributed by atoms with E-state index in [0.29, 0.717) is 6.42 Å². The first-order valence-electron chi connectivity index (χ1n) is 5.40. The normalized spacial score (nSPS) is 14.1. The van der Waals surface area contributed by atoms with Gasteiger partial charge in [0.2, 0.25) is 0 Å². The fourth-order valence-corrected chi connectivity index (χ4v) is 1.25. The van der Waals surface area contributed by atoms with Gasteiger partial charge in [-0.1, -0.05) is 6.92 Å². The van der Waals surface area contributed by atoms with Gasteiger partial charge in [-0.25, -0.2) is 0 Å². The number of carbonyl (C=O) groups excluding carboxylic acids is 1. The Bertz CT molecular complexity index is 427. The molecule has 0 saturated carbocycles. The number of rotatable bonds is 5. The second-order valence-corrected chi connectivity index (χ2v) is 4.28. The molecule has 0 aliphatic rings. The van der Waals surface area contributed by atoms with Gasteiger partial charge in [0.1, 0.15) is 5.69 Å². The summed E-state index contributed by atoms with van der Waals surface area (Å²) in [6, 6.07) is 1.58. The van der Waals surface area contributed by atoms with E-state index in [1.54, 1.807) is 33.2 Å². The Balaban J connectivity index is 2.62. The van der Waals surface area contributed by atoms with Crippen molar-refractivity contribution >= 4 is 11.9 Å². The number of aliphatic carboxylic acids is 1. The minimum Gasteiger partial charge on any atom is -0.481 e. The zero-order valence-corrected chi connectivity index (χ0v) is 10.2. The number of amides is 1. The smallest absolute Gasteiger partial charge is 0.311 e. The number of carbonyl (C=O) groups is 2. The molecule has 0 spiro atoms. The van der Waals surface area contributed by atoms with Crippen molar-refractivity contribution in [1.82, 2.24) is 15.1 Å². The molecule has 0 fully saturated rings. The first-order valence-corrected chi connectivity index (χ1v) is 5.40. The highest BCUT2D eigenvalue weighted by atomic mass is 16.4. The van der Waals surface area contributed by atoms with Crippen LogP contribution in [0.2, 0.25) is 0 Å². The van der Waals surface area contributed by atoms with E-state index in [-0.39, 0.29) is 18.1 Å². The second kappa shape index (κ2) is 4.99. The van der Waals surface area contributed by atoms with Crippen LogP contribution in [-0.2, 0) is 11.8 Å². The van der Waals surface area contributed by atoms with Crippen LogP contribution >= 0.6 is 0 Å². The van der Waals surface area contributed by atoms with E-state index < -0.39 is 11.4 Å². The lowest BCUT2D eigenvalue weighted by atomic mass is 9.88. The highest BCUT2D eigenvalue weighted by Gasteiger charge is 2.31. The number of hydrogen-bond acceptors (Lipinski definition) is 3. The maximum Gasteiger partial charge on any atom is 0.311 e. The number of aryl methyl sites for hydroxylation is 1. The van der Waals surface area contributed by atoms with Crippen LogP contribution in [0.5, 0.6) is 0 Å². The summed E-state index contributed by atoms with van der Waals surface area (Å²) in [5, 5.41) is 15.6. The lowest BCUT2D eigenvalue weighted by Crippen LogP contribution is -2.40. The van der Waals surface area contributed by atoms with Crippen molar-refractivity contribution in [3.8, 4) is 0 Å². The highest BCUT2D eigenvalue weighted by Crippen LogP contribution is 2.19. The van der Waals surface area contributed by atoms with Crippen molar-refractivity contribution in [2.75, 3.05) is 6.54 Å². The first-order chi connectivity index (χ1) is 7.89. The zero-order valence-electron chi connectivity index (χ0n) is 10.2. The molecule has 94 valence electrons. The third-order valence-electron chi connectivity index (χ3n) is 2.88. The maximum atomic E-state index is 11.7. The van der Waals surface area contributed by atoms with Gasteiger partial charge >= 0.3 is 5.97 Å². The van der Waals surface area contributed by atoms with Crippen LogP contribution in [0, 0.1) is 5.41 Å². The van der Waals surface area contributed by atoms with Gasteiger partial charge in [-0.05, 0) is 19.4 Å². The molecule has 1 unspecified atom stereocenters. The highest BCUT2D eigenvalue weighted by molar-refractivity contribution is 5.92. The lowest BCUT2D eigenvalue weighted by Gasteiger charge is -2.22. The first kappa shape index (κ1) is 13.2. The summed E-state index contributed by atoms with van der Waals surface area (Å²) in [6.45, 7) is 3.48. The lowest BCUT2D eigenvalue weighted by molar-refractivity contribution is -0.147. The Labute approximate surface area is 99.6 Å². The molecule has 2 N–H and O–H groups in total. The van der Waals surface area contributed by atoms with Gasteiger partial charge in [-0.2, -0.15) is 5.10 Å². The van der Waals surface area contributed by atoms with E-state index in [2.05, 4.69) is 10.4 Å². The molecule has 1 aromatic heterocycles. The SMILES string of the molecule is CCC(C)(CNC(=O)c1ccn(C)n1)C(=O)O. The predicted octanol–water partition coefficient (Wildman–Crippen LogP) is 0.651. The molecule has 1 aromatic rings. The molecule has 0 aliphatic heterocycles. The van der Waals surface area contributed by atoms with Gasteiger partial charge in [0.25, 0.3) is 5.91 Å². The van der Waals surface area contributed by atoms with Crippen molar-refractivity contribution in [2.45, 2.75) is 20.3 Å². The molecule has 0 saturated heterocycles. The molecule has 0 aromatic carbocycles. The van der Waals surface area contributed by atoms with Crippen molar-refractivity contribution in [3.63, 3.8) is 0 Å². The monoisotopic (exact) mass is 239 g/mol. The third-order valence-corrected chi connectivity index (χ3v) is 2.88. The third kappa shape index (κ3) is 3.05. The summed E-state index contributed by atoms with van der Waals surface area (Å²) < 4.78 is 1.52. The molecule has 1 amide bonds. The molecule has 0 bridgehead atoms. The quantitative estimate of drug-likeness (QED) is 0.790. The number of carboxylic acids is 1. The van der Waals surface area contributed by atoms with Gasteiger partial charge in [0.15, 0.2) is 0 Å². The minimum absolute atomic E-state index is 0.0915. The van der Waals surface area contributed by atoms with Crippen molar-refractivity contribution < 1.29 is 14.7 Å². The van der Waals surface area contributed by atoms with E-state index in [0.717, 1.165) is 0 Å². The summed E-state index contributed by atoms with van der Waals surface area (Å²) in [5.74, 6) is -1.27. The molecule has 0 radical (unpaired) electrons. The van der Waals surface area contributed by atoms with Crippen LogP contribution in [0.15, 0.2) is 12.3 Å². The summed E-state index contributed by atoms with van der Waals surface area (Å²) >= 11 is 0. The maximum absolute atomic E-state index is 11.7. The zero-order chi connectivity index (χ0) is 13.1. The number of aromatic nitrogens is 2. The summed E-state index contributed by atoms with van der Waals surface area (Å²) in [4.78, 5) is 22.7. The Kier molecular flexibility index (Phi) is 3.88. The Morgan fingerprint density at radius 2 is 2.24 bits per heavy atom. The summed E-state index contributed by atoms with van der Waals surface area (Å²) in [6.07, 6.45) is 2.11. The van der Waals surface area contributed by atoms with Crippen molar-refractivity contribution in [1.29, 1.82) is 0 Å². The summed E-state index contributed by atoms with van der Waals surface area (Å²) in [7, 11) is 1.71. The number of nitrogens with one attached hydrogen (secondary N) is 1. The van der Waals surface area contributed by atoms with Crippen LogP contribution < -0.4 is 5.32 Å². The Hall–Kier alpha value is -1.85. The molecule has 0 aliphatic carbocycles. The van der Waals surface area contributed by atoms with E-state index in [1.807, 2.05) is 0 Å². The van der Waals surface area contributed by atoms with Gasteiger partial charge in [-0.3, -0.25) is 14.3 Å². The summed E-state index contributed by atoms with van der Waals surface area (Å²) in [5.41, 5.74) is -0.652. The number of nitrogens with zero attached hydrogens (tertiary/aromatic N) is 2. The van der Waals surface area contributed by atoms with Crippen molar-refractivity contribution in [2.24, 2.45) is 12.5 Å². The van der Waals surface area contributed by atoms with Gasteiger partial charge in [0.05, 0.1) is 5.41 Å². The Morgan fingerprint density at radius 1 is 1.59 bits per heavy atom. The molecule has 17 heavy (non-hydrogen) atoms. The molecule has 6 nitrogen and oxygen atoms in total. The largest absolute Gasteiger partial charge is 0.481 e. The average Bonchev–Trinajstić information content (AvgIpc) is 2.72. The minimum atomic E-state index is -0.940. The average molecular weight is 239 g/mol. The Morgan fingerprint density at radius 3 is 2.65 bits per heavy atom. The van der Waals surface area contributed by atoms with E-state index >= 15 is 0 Å². The molecule has 1 rings (SSSR count). The van der Waals surface area contributed by atoms with Crippen LogP contribution in [-0.4, -0.2) is 33.3 Å². The molecule has 1 heterocycles. The molecular formula is C11H17N3O3. The topological polar surface area (TPSA) is 84.2 Å². The standard InChI is InChI=1S/C11H17N3O3/c1-4-11(2,10(16)17)7-12-9(15)8-5-6-14(3)13-8/h5-6H,4,7H2,1-3H3,(H,12,15)(H,16,17). The van der Waals surface area contributed by atoms with Crippen LogP contribution in [0.4, 0.5) is 0 Å².